The molecule has 0 aromatic carbocycles. The number of aromatic nitrogens is 6. The zero-order valence-electron chi connectivity index (χ0n) is 16.0. The number of nitrogens with one attached hydrogen (secondary N) is 1. The number of ether oxygens (including phenoxy) is 1. The molecule has 2 saturated carbocycles. The molecule has 0 radical (unpaired) electrons. The van der Waals surface area contributed by atoms with Crippen LogP contribution in [0.5, 0.6) is 0 Å². The summed E-state index contributed by atoms with van der Waals surface area (Å²) in [6.45, 7) is 1.58. The van der Waals surface area contributed by atoms with Crippen LogP contribution in [0.1, 0.15) is 61.7 Å². The SMILES string of the molecule is Cn1nc(C2CC2)c2c(-c3n[nH]c(=S)n3CC3CCCO3)cc(C3CC3)nc21. The van der Waals surface area contributed by atoms with Crippen LogP contribution in [0.2, 0.25) is 0 Å². The summed E-state index contributed by atoms with van der Waals surface area (Å²) in [5.41, 5.74) is 4.41. The normalized spacial score (nSPS) is 22.4. The van der Waals surface area contributed by atoms with Crippen LogP contribution in [-0.2, 0) is 18.3 Å². The van der Waals surface area contributed by atoms with E-state index in [0.717, 1.165) is 54.1 Å². The second kappa shape index (κ2) is 6.22. The molecule has 28 heavy (non-hydrogen) atoms. The molecule has 4 heterocycles. The molecule has 3 aromatic heterocycles. The molecule has 7 nitrogen and oxygen atoms in total. The van der Waals surface area contributed by atoms with E-state index in [1.54, 1.807) is 0 Å². The molecule has 146 valence electrons. The first kappa shape index (κ1) is 16.9. The van der Waals surface area contributed by atoms with Gasteiger partial charge in [-0.15, -0.1) is 0 Å². The van der Waals surface area contributed by atoms with Gasteiger partial charge in [0.25, 0.3) is 0 Å². The topological polar surface area (TPSA) is 73.5 Å². The van der Waals surface area contributed by atoms with Crippen LogP contribution < -0.4 is 0 Å². The quantitative estimate of drug-likeness (QED) is 0.664. The Labute approximate surface area is 168 Å². The Bertz CT molecular complexity index is 1110. The summed E-state index contributed by atoms with van der Waals surface area (Å²) >= 11 is 5.58. The molecule has 0 spiro atoms. The number of aromatic amines is 1. The molecule has 3 aromatic rings. The number of pyridine rings is 1. The number of rotatable bonds is 5. The van der Waals surface area contributed by atoms with Gasteiger partial charge in [-0.25, -0.2) is 4.98 Å². The molecule has 2 aliphatic carbocycles. The Morgan fingerprint density at radius 1 is 1.21 bits per heavy atom. The van der Waals surface area contributed by atoms with Crippen molar-refractivity contribution < 1.29 is 4.74 Å². The van der Waals surface area contributed by atoms with E-state index in [1.165, 1.54) is 31.4 Å². The van der Waals surface area contributed by atoms with Gasteiger partial charge in [0.1, 0.15) is 0 Å². The van der Waals surface area contributed by atoms with E-state index in [0.29, 0.717) is 16.6 Å². The van der Waals surface area contributed by atoms with E-state index in [-0.39, 0.29) is 6.10 Å². The molecule has 0 amide bonds. The standard InChI is InChI=1S/C20H24N6OS/c1-25-19-16(17(24-25)12-6-7-12)14(9-15(21-19)11-4-5-11)18-22-23-20(28)26(18)10-13-3-2-8-27-13/h9,11-13H,2-8,10H2,1H3,(H,23,28). The third-order valence-electron chi connectivity index (χ3n) is 6.21. The van der Waals surface area contributed by atoms with Crippen LogP contribution in [-0.4, -0.2) is 42.2 Å². The van der Waals surface area contributed by atoms with Gasteiger partial charge < -0.3 is 4.74 Å². The largest absolute Gasteiger partial charge is 0.376 e. The van der Waals surface area contributed by atoms with Crippen LogP contribution >= 0.6 is 12.2 Å². The lowest BCUT2D eigenvalue weighted by atomic mass is 10.0. The smallest absolute Gasteiger partial charge is 0.195 e. The predicted octanol–water partition coefficient (Wildman–Crippen LogP) is 3.82. The van der Waals surface area contributed by atoms with Crippen molar-refractivity contribution in [2.75, 3.05) is 6.61 Å². The maximum Gasteiger partial charge on any atom is 0.195 e. The molecule has 1 unspecified atom stereocenters. The van der Waals surface area contributed by atoms with Crippen LogP contribution in [0.25, 0.3) is 22.4 Å². The van der Waals surface area contributed by atoms with Gasteiger partial charge in [0.2, 0.25) is 0 Å². The maximum atomic E-state index is 5.87. The molecular weight excluding hydrogens is 372 g/mol. The lowest BCUT2D eigenvalue weighted by Crippen LogP contribution is -2.16. The van der Waals surface area contributed by atoms with Crippen molar-refractivity contribution in [3.63, 3.8) is 0 Å². The van der Waals surface area contributed by atoms with Crippen molar-refractivity contribution in [1.82, 2.24) is 29.5 Å². The van der Waals surface area contributed by atoms with Gasteiger partial charge in [-0.2, -0.15) is 10.2 Å². The summed E-state index contributed by atoms with van der Waals surface area (Å²) in [5.74, 6) is 2.00. The second-order valence-electron chi connectivity index (χ2n) is 8.45. The number of aryl methyl sites for hydroxylation is 1. The minimum absolute atomic E-state index is 0.208. The van der Waals surface area contributed by atoms with E-state index >= 15 is 0 Å². The highest BCUT2D eigenvalue weighted by molar-refractivity contribution is 7.71. The summed E-state index contributed by atoms with van der Waals surface area (Å²) in [6.07, 6.45) is 7.25. The Morgan fingerprint density at radius 3 is 2.75 bits per heavy atom. The average molecular weight is 397 g/mol. The number of nitrogens with zero attached hydrogens (tertiary/aromatic N) is 5. The van der Waals surface area contributed by atoms with E-state index in [2.05, 4.69) is 20.8 Å². The lowest BCUT2D eigenvalue weighted by Gasteiger charge is -2.14. The van der Waals surface area contributed by atoms with Crippen LogP contribution in [0.4, 0.5) is 0 Å². The highest BCUT2D eigenvalue weighted by atomic mass is 32.1. The Balaban J connectivity index is 1.56. The molecule has 8 heteroatoms. The number of fused-ring (bicyclic) bond motifs is 1. The van der Waals surface area contributed by atoms with Gasteiger partial charge >= 0.3 is 0 Å². The number of H-pyrrole nitrogens is 1. The van der Waals surface area contributed by atoms with Gasteiger partial charge in [-0.3, -0.25) is 14.3 Å². The zero-order chi connectivity index (χ0) is 18.8. The second-order valence-corrected chi connectivity index (χ2v) is 8.84. The van der Waals surface area contributed by atoms with E-state index in [9.17, 15) is 0 Å². The van der Waals surface area contributed by atoms with Crippen molar-refractivity contribution in [2.24, 2.45) is 7.05 Å². The van der Waals surface area contributed by atoms with Crippen LogP contribution in [0.3, 0.4) is 0 Å². The molecule has 1 saturated heterocycles. The summed E-state index contributed by atoms with van der Waals surface area (Å²) in [7, 11) is 2.01. The van der Waals surface area contributed by atoms with Gasteiger partial charge in [0.15, 0.2) is 16.2 Å². The Kier molecular flexibility index (Phi) is 3.74. The van der Waals surface area contributed by atoms with E-state index < -0.39 is 0 Å². The monoisotopic (exact) mass is 396 g/mol. The first-order chi connectivity index (χ1) is 13.7. The van der Waals surface area contributed by atoms with Gasteiger partial charge in [0, 0.05) is 36.7 Å². The van der Waals surface area contributed by atoms with Crippen molar-refractivity contribution in [3.8, 4) is 11.4 Å². The molecule has 3 aliphatic rings. The van der Waals surface area contributed by atoms with Crippen molar-refractivity contribution >= 4 is 23.3 Å². The summed E-state index contributed by atoms with van der Waals surface area (Å²) in [5, 5.41) is 13.7. The number of hydrogen-bond donors (Lipinski definition) is 1. The Morgan fingerprint density at radius 2 is 2.04 bits per heavy atom. The predicted molar refractivity (Wildman–Crippen MR) is 108 cm³/mol. The third-order valence-corrected chi connectivity index (χ3v) is 6.52. The first-order valence-corrected chi connectivity index (χ1v) is 10.7. The fourth-order valence-electron chi connectivity index (χ4n) is 4.39. The van der Waals surface area contributed by atoms with Crippen LogP contribution in [0.15, 0.2) is 6.07 Å². The van der Waals surface area contributed by atoms with Gasteiger partial charge in [-0.05, 0) is 56.8 Å². The molecular formula is C20H24N6OS. The molecule has 3 fully saturated rings. The van der Waals surface area contributed by atoms with Crippen molar-refractivity contribution in [3.05, 3.63) is 22.2 Å². The maximum absolute atomic E-state index is 5.87. The Hall–Kier alpha value is -2.06. The average Bonchev–Trinajstić information content (AvgIpc) is 3.61. The van der Waals surface area contributed by atoms with Crippen molar-refractivity contribution in [1.29, 1.82) is 0 Å². The minimum Gasteiger partial charge on any atom is -0.376 e. The molecule has 1 aliphatic heterocycles. The first-order valence-electron chi connectivity index (χ1n) is 10.3. The summed E-state index contributed by atoms with van der Waals surface area (Å²) in [6, 6.07) is 2.24. The summed E-state index contributed by atoms with van der Waals surface area (Å²) < 4.78 is 10.6. The lowest BCUT2D eigenvalue weighted by molar-refractivity contribution is 0.0970. The zero-order valence-corrected chi connectivity index (χ0v) is 16.8. The fourth-order valence-corrected chi connectivity index (χ4v) is 4.60. The van der Waals surface area contributed by atoms with E-state index in [1.807, 2.05) is 11.7 Å². The summed E-state index contributed by atoms with van der Waals surface area (Å²) in [4.78, 5) is 5.00. The highest BCUT2D eigenvalue weighted by Gasteiger charge is 2.34. The molecule has 0 bridgehead atoms. The van der Waals surface area contributed by atoms with Gasteiger partial charge in [-0.1, -0.05) is 0 Å². The van der Waals surface area contributed by atoms with Crippen molar-refractivity contribution in [2.45, 2.75) is 63.0 Å². The fraction of sp³-hybridized carbons (Fsp3) is 0.600. The molecule has 6 rings (SSSR count). The minimum atomic E-state index is 0.208. The van der Waals surface area contributed by atoms with E-state index in [4.69, 9.17) is 27.0 Å². The van der Waals surface area contributed by atoms with Crippen LogP contribution in [0, 0.1) is 4.77 Å². The molecule has 1 N–H and O–H groups in total. The third kappa shape index (κ3) is 2.73. The highest BCUT2D eigenvalue weighted by Crippen LogP contribution is 2.46. The molecule has 1 atom stereocenters. The van der Waals surface area contributed by atoms with Gasteiger partial charge in [0.05, 0.1) is 23.7 Å². The number of hydrogen-bond acceptors (Lipinski definition) is 5.